The molecule has 2 aromatic rings. The third-order valence-corrected chi connectivity index (χ3v) is 3.63. The van der Waals surface area contributed by atoms with Gasteiger partial charge < -0.3 is 5.11 Å². The number of hydrogen-bond donors (Lipinski definition) is 1. The van der Waals surface area contributed by atoms with Crippen molar-refractivity contribution < 1.29 is 5.11 Å². The number of aliphatic hydroxyl groups is 1. The van der Waals surface area contributed by atoms with E-state index in [1.165, 1.54) is 5.56 Å². The van der Waals surface area contributed by atoms with Crippen molar-refractivity contribution in [3.63, 3.8) is 0 Å². The molecule has 0 fully saturated rings. The summed E-state index contributed by atoms with van der Waals surface area (Å²) in [5.74, 6) is 0.517. The highest BCUT2D eigenvalue weighted by atomic mass is 79.9. The van der Waals surface area contributed by atoms with Crippen LogP contribution >= 0.6 is 15.9 Å². The summed E-state index contributed by atoms with van der Waals surface area (Å²) in [6.07, 6.45) is -0.556. The van der Waals surface area contributed by atoms with E-state index in [0.29, 0.717) is 5.92 Å². The van der Waals surface area contributed by atoms with Crippen molar-refractivity contribution in [3.05, 3.63) is 69.7 Å². The Balaban J connectivity index is 2.23. The molecule has 2 aromatic carbocycles. The second-order valence-electron chi connectivity index (χ2n) is 4.78. The van der Waals surface area contributed by atoms with Gasteiger partial charge >= 0.3 is 0 Å². The SMILES string of the molecule is CC(C)c1ccc(C(O)c2ccc(Br)cc2)cc1. The molecule has 0 amide bonds. The van der Waals surface area contributed by atoms with Crippen molar-refractivity contribution in [2.24, 2.45) is 0 Å². The first-order chi connectivity index (χ1) is 8.58. The summed E-state index contributed by atoms with van der Waals surface area (Å²) in [5.41, 5.74) is 3.14. The topological polar surface area (TPSA) is 20.2 Å². The summed E-state index contributed by atoms with van der Waals surface area (Å²) in [6, 6.07) is 15.9. The number of benzene rings is 2. The molecule has 0 aliphatic rings. The standard InChI is InChI=1S/C16H17BrO/c1-11(2)12-3-5-13(6-4-12)16(18)14-7-9-15(17)10-8-14/h3-11,16,18H,1-2H3. The van der Waals surface area contributed by atoms with Crippen LogP contribution in [0.5, 0.6) is 0 Å². The molecule has 0 spiro atoms. The fourth-order valence-corrected chi connectivity index (χ4v) is 2.17. The first-order valence-electron chi connectivity index (χ1n) is 6.11. The fraction of sp³-hybridized carbons (Fsp3) is 0.250. The molecule has 1 atom stereocenters. The Morgan fingerprint density at radius 1 is 0.778 bits per heavy atom. The van der Waals surface area contributed by atoms with Crippen LogP contribution in [0.3, 0.4) is 0 Å². The summed E-state index contributed by atoms with van der Waals surface area (Å²) in [6.45, 7) is 4.33. The molecule has 0 saturated carbocycles. The van der Waals surface area contributed by atoms with E-state index in [2.05, 4.69) is 41.9 Å². The number of hydrogen-bond acceptors (Lipinski definition) is 1. The summed E-state index contributed by atoms with van der Waals surface area (Å²) in [5, 5.41) is 10.3. The molecule has 2 rings (SSSR count). The van der Waals surface area contributed by atoms with E-state index in [4.69, 9.17) is 0 Å². The molecule has 1 unspecified atom stereocenters. The smallest absolute Gasteiger partial charge is 0.104 e. The van der Waals surface area contributed by atoms with Crippen LogP contribution in [0, 0.1) is 0 Å². The third kappa shape index (κ3) is 3.01. The van der Waals surface area contributed by atoms with E-state index in [1.54, 1.807) is 0 Å². The molecular formula is C16H17BrO. The van der Waals surface area contributed by atoms with Crippen LogP contribution in [0.4, 0.5) is 0 Å². The normalized spacial score (nSPS) is 12.7. The lowest BCUT2D eigenvalue weighted by atomic mass is 9.97. The van der Waals surface area contributed by atoms with Crippen molar-refractivity contribution in [2.75, 3.05) is 0 Å². The number of rotatable bonds is 3. The quantitative estimate of drug-likeness (QED) is 0.875. The molecule has 0 saturated heterocycles. The monoisotopic (exact) mass is 304 g/mol. The van der Waals surface area contributed by atoms with Crippen molar-refractivity contribution >= 4 is 15.9 Å². The molecular weight excluding hydrogens is 288 g/mol. The average molecular weight is 305 g/mol. The van der Waals surface area contributed by atoms with Gasteiger partial charge in [-0.05, 0) is 34.7 Å². The number of aliphatic hydroxyl groups excluding tert-OH is 1. The van der Waals surface area contributed by atoms with Gasteiger partial charge in [-0.1, -0.05) is 66.2 Å². The minimum absolute atomic E-state index is 0.517. The van der Waals surface area contributed by atoms with Crippen LogP contribution in [0.2, 0.25) is 0 Å². The highest BCUT2D eigenvalue weighted by Gasteiger charge is 2.10. The van der Waals surface area contributed by atoms with Gasteiger partial charge in [0.1, 0.15) is 6.10 Å². The highest BCUT2D eigenvalue weighted by Crippen LogP contribution is 2.25. The molecule has 0 heterocycles. The van der Waals surface area contributed by atoms with Gasteiger partial charge in [0.25, 0.3) is 0 Å². The Bertz CT molecular complexity index is 500. The molecule has 94 valence electrons. The second kappa shape index (κ2) is 5.68. The van der Waals surface area contributed by atoms with Gasteiger partial charge in [0.2, 0.25) is 0 Å². The first kappa shape index (κ1) is 13.3. The molecule has 0 aromatic heterocycles. The van der Waals surface area contributed by atoms with Crippen LogP contribution in [-0.2, 0) is 0 Å². The maximum absolute atomic E-state index is 10.3. The molecule has 0 aliphatic heterocycles. The van der Waals surface area contributed by atoms with Gasteiger partial charge in [0, 0.05) is 4.47 Å². The molecule has 18 heavy (non-hydrogen) atoms. The zero-order valence-corrected chi connectivity index (χ0v) is 12.2. The lowest BCUT2D eigenvalue weighted by Crippen LogP contribution is -1.99. The Labute approximate surface area is 117 Å². The highest BCUT2D eigenvalue weighted by molar-refractivity contribution is 9.10. The fourth-order valence-electron chi connectivity index (χ4n) is 1.90. The molecule has 0 aliphatic carbocycles. The van der Waals surface area contributed by atoms with E-state index in [1.807, 2.05) is 36.4 Å². The third-order valence-electron chi connectivity index (χ3n) is 3.10. The van der Waals surface area contributed by atoms with Crippen LogP contribution < -0.4 is 0 Å². The summed E-state index contributed by atoms with van der Waals surface area (Å²) >= 11 is 3.39. The van der Waals surface area contributed by atoms with Crippen molar-refractivity contribution in [1.82, 2.24) is 0 Å². The Hall–Kier alpha value is -1.12. The first-order valence-corrected chi connectivity index (χ1v) is 6.90. The summed E-state index contributed by atoms with van der Waals surface area (Å²) < 4.78 is 1.02. The maximum Gasteiger partial charge on any atom is 0.104 e. The number of halogens is 1. The van der Waals surface area contributed by atoms with Crippen molar-refractivity contribution in [3.8, 4) is 0 Å². The second-order valence-corrected chi connectivity index (χ2v) is 5.69. The molecule has 0 bridgehead atoms. The van der Waals surface area contributed by atoms with E-state index in [-0.39, 0.29) is 0 Å². The predicted octanol–water partition coefficient (Wildman–Crippen LogP) is 4.65. The largest absolute Gasteiger partial charge is 0.384 e. The van der Waals surface area contributed by atoms with E-state index in [9.17, 15) is 5.11 Å². The van der Waals surface area contributed by atoms with Gasteiger partial charge in [0.05, 0.1) is 0 Å². The maximum atomic E-state index is 10.3. The minimum Gasteiger partial charge on any atom is -0.384 e. The molecule has 2 heteroatoms. The van der Waals surface area contributed by atoms with Gasteiger partial charge in [-0.15, -0.1) is 0 Å². The van der Waals surface area contributed by atoms with Gasteiger partial charge in [-0.25, -0.2) is 0 Å². The van der Waals surface area contributed by atoms with Crippen LogP contribution in [0.25, 0.3) is 0 Å². The Morgan fingerprint density at radius 2 is 1.17 bits per heavy atom. The van der Waals surface area contributed by atoms with Gasteiger partial charge in [-0.2, -0.15) is 0 Å². The predicted molar refractivity (Wildman–Crippen MR) is 78.7 cm³/mol. The Morgan fingerprint density at radius 3 is 1.61 bits per heavy atom. The zero-order chi connectivity index (χ0) is 13.1. The van der Waals surface area contributed by atoms with Crippen LogP contribution in [-0.4, -0.2) is 5.11 Å². The lowest BCUT2D eigenvalue weighted by molar-refractivity contribution is 0.220. The lowest BCUT2D eigenvalue weighted by Gasteiger charge is -2.13. The van der Waals surface area contributed by atoms with Gasteiger partial charge in [-0.3, -0.25) is 0 Å². The summed E-state index contributed by atoms with van der Waals surface area (Å²) in [7, 11) is 0. The molecule has 1 nitrogen and oxygen atoms in total. The van der Waals surface area contributed by atoms with Crippen LogP contribution in [0.15, 0.2) is 53.0 Å². The zero-order valence-electron chi connectivity index (χ0n) is 10.6. The van der Waals surface area contributed by atoms with E-state index >= 15 is 0 Å². The van der Waals surface area contributed by atoms with Crippen molar-refractivity contribution in [2.45, 2.75) is 25.9 Å². The summed E-state index contributed by atoms with van der Waals surface area (Å²) in [4.78, 5) is 0. The van der Waals surface area contributed by atoms with Gasteiger partial charge in [0.15, 0.2) is 0 Å². The molecule has 0 radical (unpaired) electrons. The Kier molecular flexibility index (Phi) is 4.20. The van der Waals surface area contributed by atoms with E-state index in [0.717, 1.165) is 15.6 Å². The van der Waals surface area contributed by atoms with E-state index < -0.39 is 6.10 Å². The van der Waals surface area contributed by atoms with Crippen LogP contribution in [0.1, 0.15) is 42.6 Å². The minimum atomic E-state index is -0.556. The van der Waals surface area contributed by atoms with Crippen molar-refractivity contribution in [1.29, 1.82) is 0 Å². The average Bonchev–Trinajstić information content (AvgIpc) is 2.39. The molecule has 1 N–H and O–H groups in total.